The van der Waals surface area contributed by atoms with Crippen molar-refractivity contribution in [1.29, 1.82) is 0 Å². The highest BCUT2D eigenvalue weighted by Crippen LogP contribution is 2.16. The number of pyridine rings is 1. The molecule has 0 unspecified atom stereocenters. The largest absolute Gasteiger partial charge is 0.318 e. The number of anilines is 1. The molecule has 2 aromatic rings. The first-order valence-electron chi connectivity index (χ1n) is 4.94. The van der Waals surface area contributed by atoms with E-state index >= 15 is 0 Å². The van der Waals surface area contributed by atoms with E-state index in [0.29, 0.717) is 16.5 Å². The standard InChI is InChI=1S/C11H12N2O3S/c1-13-6-5-8-7-9(12-17(2,15)16)3-4-10(8)11(13)14/h3-7,12H,1-2H3. The second kappa shape index (κ2) is 3.89. The van der Waals surface area contributed by atoms with Crippen LogP contribution in [0.2, 0.25) is 0 Å². The first kappa shape index (κ1) is 11.7. The maximum atomic E-state index is 11.7. The highest BCUT2D eigenvalue weighted by Gasteiger charge is 2.04. The van der Waals surface area contributed by atoms with Crippen molar-refractivity contribution >= 4 is 26.5 Å². The van der Waals surface area contributed by atoms with Gasteiger partial charge in [-0.05, 0) is 29.7 Å². The second-order valence-corrected chi connectivity index (χ2v) is 5.66. The minimum Gasteiger partial charge on any atom is -0.318 e. The topological polar surface area (TPSA) is 68.2 Å². The molecule has 6 heteroatoms. The Morgan fingerprint density at radius 1 is 1.24 bits per heavy atom. The molecule has 0 aliphatic rings. The fraction of sp³-hybridized carbons (Fsp3) is 0.182. The first-order valence-corrected chi connectivity index (χ1v) is 6.83. The summed E-state index contributed by atoms with van der Waals surface area (Å²) in [6.07, 6.45) is 2.73. The minimum absolute atomic E-state index is 0.103. The molecule has 1 N–H and O–H groups in total. The van der Waals surface area contributed by atoms with Crippen molar-refractivity contribution < 1.29 is 8.42 Å². The van der Waals surface area contributed by atoms with Crippen molar-refractivity contribution in [1.82, 2.24) is 4.57 Å². The van der Waals surface area contributed by atoms with E-state index in [0.717, 1.165) is 6.26 Å². The van der Waals surface area contributed by atoms with Gasteiger partial charge in [0.05, 0.1) is 6.26 Å². The van der Waals surface area contributed by atoms with Crippen LogP contribution in [0.1, 0.15) is 0 Å². The number of aryl methyl sites for hydroxylation is 1. The number of aromatic nitrogens is 1. The van der Waals surface area contributed by atoms with Gasteiger partial charge >= 0.3 is 0 Å². The average molecular weight is 252 g/mol. The quantitative estimate of drug-likeness (QED) is 0.863. The molecule has 0 fully saturated rings. The van der Waals surface area contributed by atoms with Crippen LogP contribution in [-0.4, -0.2) is 19.2 Å². The number of fused-ring (bicyclic) bond motifs is 1. The molecule has 5 nitrogen and oxygen atoms in total. The van der Waals surface area contributed by atoms with E-state index in [9.17, 15) is 13.2 Å². The molecule has 0 radical (unpaired) electrons. The van der Waals surface area contributed by atoms with Gasteiger partial charge in [-0.2, -0.15) is 0 Å². The third kappa shape index (κ3) is 2.47. The van der Waals surface area contributed by atoms with Crippen LogP contribution in [0.4, 0.5) is 5.69 Å². The second-order valence-electron chi connectivity index (χ2n) is 3.91. The van der Waals surface area contributed by atoms with Gasteiger partial charge in [0.25, 0.3) is 5.56 Å². The van der Waals surface area contributed by atoms with Crippen LogP contribution in [0.3, 0.4) is 0 Å². The van der Waals surface area contributed by atoms with E-state index in [2.05, 4.69) is 4.72 Å². The van der Waals surface area contributed by atoms with E-state index in [1.54, 1.807) is 37.5 Å². The zero-order valence-corrected chi connectivity index (χ0v) is 10.3. The monoisotopic (exact) mass is 252 g/mol. The summed E-state index contributed by atoms with van der Waals surface area (Å²) >= 11 is 0. The Kier molecular flexibility index (Phi) is 2.66. The highest BCUT2D eigenvalue weighted by atomic mass is 32.2. The predicted molar refractivity (Wildman–Crippen MR) is 67.7 cm³/mol. The third-order valence-corrected chi connectivity index (χ3v) is 2.99. The maximum absolute atomic E-state index is 11.7. The van der Waals surface area contributed by atoms with Crippen LogP contribution < -0.4 is 10.3 Å². The summed E-state index contributed by atoms with van der Waals surface area (Å²) < 4.78 is 26.0. The molecule has 0 aliphatic heterocycles. The molecule has 2 rings (SSSR count). The Bertz CT molecular complexity index is 732. The van der Waals surface area contributed by atoms with Crippen molar-refractivity contribution in [3.05, 3.63) is 40.8 Å². The van der Waals surface area contributed by atoms with Gasteiger partial charge in [0.1, 0.15) is 0 Å². The summed E-state index contributed by atoms with van der Waals surface area (Å²) in [5, 5.41) is 1.27. The Morgan fingerprint density at radius 3 is 2.59 bits per heavy atom. The van der Waals surface area contributed by atoms with Gasteiger partial charge < -0.3 is 4.57 Å². The molecule has 17 heavy (non-hydrogen) atoms. The van der Waals surface area contributed by atoms with Gasteiger partial charge in [0, 0.05) is 24.3 Å². The van der Waals surface area contributed by atoms with Gasteiger partial charge in [-0.3, -0.25) is 9.52 Å². The van der Waals surface area contributed by atoms with Gasteiger partial charge in [0.15, 0.2) is 0 Å². The maximum Gasteiger partial charge on any atom is 0.258 e. The molecule has 0 saturated carbocycles. The van der Waals surface area contributed by atoms with Gasteiger partial charge in [0.2, 0.25) is 10.0 Å². The smallest absolute Gasteiger partial charge is 0.258 e. The number of hydrogen-bond acceptors (Lipinski definition) is 3. The SMILES string of the molecule is Cn1ccc2cc(NS(C)(=O)=O)ccc2c1=O. The Balaban J connectivity index is 2.60. The van der Waals surface area contributed by atoms with Crippen LogP contribution in [0, 0.1) is 0 Å². The van der Waals surface area contributed by atoms with Crippen molar-refractivity contribution in [2.45, 2.75) is 0 Å². The molecule has 90 valence electrons. The van der Waals surface area contributed by atoms with Crippen molar-refractivity contribution in [2.24, 2.45) is 7.05 Å². The Labute approximate surface area is 98.7 Å². The fourth-order valence-electron chi connectivity index (χ4n) is 1.62. The van der Waals surface area contributed by atoms with Gasteiger partial charge in [-0.1, -0.05) is 0 Å². The number of hydrogen-bond donors (Lipinski definition) is 1. The van der Waals surface area contributed by atoms with Crippen LogP contribution in [0.15, 0.2) is 35.3 Å². The molecule has 0 spiro atoms. The number of nitrogens with zero attached hydrogens (tertiary/aromatic N) is 1. The molecule has 0 bridgehead atoms. The van der Waals surface area contributed by atoms with E-state index in [1.165, 1.54) is 4.57 Å². The van der Waals surface area contributed by atoms with Gasteiger partial charge in [-0.15, -0.1) is 0 Å². The lowest BCUT2D eigenvalue weighted by molar-refractivity contribution is 0.607. The Hall–Kier alpha value is -1.82. The molecule has 0 aliphatic carbocycles. The first-order chi connectivity index (χ1) is 7.87. The van der Waals surface area contributed by atoms with E-state index in [1.807, 2.05) is 0 Å². The van der Waals surface area contributed by atoms with E-state index in [4.69, 9.17) is 0 Å². The van der Waals surface area contributed by atoms with Crippen molar-refractivity contribution in [3.63, 3.8) is 0 Å². The Morgan fingerprint density at radius 2 is 1.94 bits per heavy atom. The average Bonchev–Trinajstić information content (AvgIpc) is 2.21. The van der Waals surface area contributed by atoms with Crippen molar-refractivity contribution in [2.75, 3.05) is 11.0 Å². The molecule has 0 amide bonds. The van der Waals surface area contributed by atoms with Crippen LogP contribution in [0.25, 0.3) is 10.8 Å². The zero-order chi connectivity index (χ0) is 12.6. The van der Waals surface area contributed by atoms with E-state index in [-0.39, 0.29) is 5.56 Å². The lowest BCUT2D eigenvalue weighted by atomic mass is 10.1. The fourth-order valence-corrected chi connectivity index (χ4v) is 2.18. The lowest BCUT2D eigenvalue weighted by Crippen LogP contribution is -2.15. The number of sulfonamides is 1. The summed E-state index contributed by atoms with van der Waals surface area (Å²) in [4.78, 5) is 11.7. The predicted octanol–water partition coefficient (Wildman–Crippen LogP) is 0.910. The van der Waals surface area contributed by atoms with Crippen LogP contribution in [0.5, 0.6) is 0 Å². The third-order valence-electron chi connectivity index (χ3n) is 2.38. The van der Waals surface area contributed by atoms with Crippen LogP contribution in [-0.2, 0) is 17.1 Å². The molecule has 1 heterocycles. The van der Waals surface area contributed by atoms with Gasteiger partial charge in [-0.25, -0.2) is 8.42 Å². The summed E-state index contributed by atoms with van der Waals surface area (Å²) in [5.41, 5.74) is 0.349. The van der Waals surface area contributed by atoms with Crippen molar-refractivity contribution in [3.8, 4) is 0 Å². The number of nitrogens with one attached hydrogen (secondary N) is 1. The number of benzene rings is 1. The molecule has 0 saturated heterocycles. The lowest BCUT2D eigenvalue weighted by Gasteiger charge is -2.06. The molecule has 1 aromatic heterocycles. The summed E-state index contributed by atoms with van der Waals surface area (Å²) in [6.45, 7) is 0. The molecule has 1 aromatic carbocycles. The molecule has 0 atom stereocenters. The summed E-state index contributed by atoms with van der Waals surface area (Å²) in [7, 11) is -1.63. The summed E-state index contributed by atoms with van der Waals surface area (Å²) in [6, 6.07) is 6.60. The zero-order valence-electron chi connectivity index (χ0n) is 9.47. The normalized spacial score (nSPS) is 11.6. The minimum atomic E-state index is -3.30. The molecular weight excluding hydrogens is 240 g/mol. The van der Waals surface area contributed by atoms with E-state index < -0.39 is 10.0 Å². The van der Waals surface area contributed by atoms with Crippen LogP contribution >= 0.6 is 0 Å². The molecular formula is C11H12N2O3S. The highest BCUT2D eigenvalue weighted by molar-refractivity contribution is 7.92. The number of rotatable bonds is 2. The summed E-state index contributed by atoms with van der Waals surface area (Å²) in [5.74, 6) is 0.